The highest BCUT2D eigenvalue weighted by atomic mass is 19.1. The van der Waals surface area contributed by atoms with E-state index >= 15 is 0 Å². The fourth-order valence-corrected chi connectivity index (χ4v) is 4.23. The number of nitrogens with zero attached hydrogens (tertiary/aromatic N) is 3. The largest absolute Gasteiger partial charge is 0.342 e. The van der Waals surface area contributed by atoms with Crippen LogP contribution in [0.2, 0.25) is 0 Å². The molecule has 32 heavy (non-hydrogen) atoms. The summed E-state index contributed by atoms with van der Waals surface area (Å²) >= 11 is 0. The maximum atomic E-state index is 14.1. The molecule has 1 aromatic carbocycles. The summed E-state index contributed by atoms with van der Waals surface area (Å²) in [4.78, 5) is 45.2. The lowest BCUT2D eigenvalue weighted by Gasteiger charge is -2.33. The summed E-state index contributed by atoms with van der Waals surface area (Å²) in [6.45, 7) is 2.69. The Kier molecular flexibility index (Phi) is 6.16. The number of likely N-dealkylation sites (tertiary alicyclic amines) is 1. The number of anilines is 2. The summed E-state index contributed by atoms with van der Waals surface area (Å²) in [6.07, 6.45) is 2.94. The topological polar surface area (TPSA) is 82.6 Å². The Bertz CT molecular complexity index is 1040. The Morgan fingerprint density at radius 2 is 1.94 bits per heavy atom. The van der Waals surface area contributed by atoms with E-state index in [1.165, 1.54) is 11.0 Å². The van der Waals surface area contributed by atoms with Crippen LogP contribution in [-0.2, 0) is 14.4 Å². The zero-order valence-electron chi connectivity index (χ0n) is 17.7. The molecule has 0 bridgehead atoms. The molecule has 0 spiro atoms. The van der Waals surface area contributed by atoms with Crippen molar-refractivity contribution in [2.24, 2.45) is 11.8 Å². The molecule has 4 rings (SSSR count). The second-order valence-electron chi connectivity index (χ2n) is 8.33. The molecule has 1 aromatic heterocycles. The number of hydrogen-bond donors (Lipinski definition) is 1. The van der Waals surface area contributed by atoms with Crippen molar-refractivity contribution in [2.45, 2.75) is 26.2 Å². The van der Waals surface area contributed by atoms with Crippen molar-refractivity contribution >= 4 is 29.2 Å². The number of piperidine rings is 1. The van der Waals surface area contributed by atoms with Gasteiger partial charge in [0.1, 0.15) is 17.5 Å². The summed E-state index contributed by atoms with van der Waals surface area (Å²) in [6, 6.07) is 6.58. The number of pyridine rings is 1. The Balaban J connectivity index is 1.39. The highest BCUT2D eigenvalue weighted by Gasteiger charge is 2.39. The number of benzene rings is 1. The van der Waals surface area contributed by atoms with E-state index in [0.29, 0.717) is 31.3 Å². The van der Waals surface area contributed by atoms with Gasteiger partial charge in [0, 0.05) is 38.3 Å². The number of hydrogen-bond acceptors (Lipinski definition) is 4. The molecule has 2 aliphatic rings. The van der Waals surface area contributed by atoms with Gasteiger partial charge in [-0.1, -0.05) is 6.07 Å². The van der Waals surface area contributed by atoms with Crippen LogP contribution < -0.4 is 10.2 Å². The van der Waals surface area contributed by atoms with Gasteiger partial charge in [0.25, 0.3) is 0 Å². The number of aryl methyl sites for hydroxylation is 1. The zero-order chi connectivity index (χ0) is 22.8. The minimum atomic E-state index is -0.842. The number of halogens is 2. The van der Waals surface area contributed by atoms with Gasteiger partial charge in [0.15, 0.2) is 0 Å². The number of carbonyl (C=O) groups is 3. The number of rotatable bonds is 4. The zero-order valence-corrected chi connectivity index (χ0v) is 17.7. The molecule has 0 aliphatic carbocycles. The van der Waals surface area contributed by atoms with E-state index in [0.717, 1.165) is 11.6 Å². The van der Waals surface area contributed by atoms with Gasteiger partial charge in [0.05, 0.1) is 17.5 Å². The average molecular weight is 442 g/mol. The quantitative estimate of drug-likeness (QED) is 0.790. The molecule has 7 nitrogen and oxygen atoms in total. The van der Waals surface area contributed by atoms with E-state index in [9.17, 15) is 23.2 Å². The molecule has 3 heterocycles. The second kappa shape index (κ2) is 9.02. The number of aromatic nitrogens is 1. The van der Waals surface area contributed by atoms with Crippen molar-refractivity contribution in [3.8, 4) is 0 Å². The van der Waals surface area contributed by atoms with Crippen molar-refractivity contribution in [1.82, 2.24) is 9.88 Å². The third kappa shape index (κ3) is 4.61. The van der Waals surface area contributed by atoms with Crippen LogP contribution >= 0.6 is 0 Å². The van der Waals surface area contributed by atoms with E-state index in [-0.39, 0.29) is 48.8 Å². The van der Waals surface area contributed by atoms with Gasteiger partial charge in [-0.05, 0) is 43.5 Å². The van der Waals surface area contributed by atoms with Gasteiger partial charge < -0.3 is 15.1 Å². The molecule has 9 heteroatoms. The Morgan fingerprint density at radius 1 is 1.12 bits per heavy atom. The molecule has 1 N–H and O–H groups in total. The van der Waals surface area contributed by atoms with Gasteiger partial charge in [0.2, 0.25) is 17.7 Å². The molecule has 0 saturated carbocycles. The summed E-state index contributed by atoms with van der Waals surface area (Å²) < 4.78 is 27.3. The lowest BCUT2D eigenvalue weighted by molar-refractivity contribution is -0.138. The smallest absolute Gasteiger partial charge is 0.230 e. The Labute approximate surface area is 184 Å². The molecule has 168 valence electrons. The first kappa shape index (κ1) is 21.9. The van der Waals surface area contributed by atoms with Crippen LogP contribution in [-0.4, -0.2) is 47.2 Å². The summed E-state index contributed by atoms with van der Waals surface area (Å²) in [5.74, 6) is -2.93. The molecular weight excluding hydrogens is 418 g/mol. The van der Waals surface area contributed by atoms with E-state index in [4.69, 9.17) is 0 Å². The highest BCUT2D eigenvalue weighted by molar-refractivity contribution is 6.00. The van der Waals surface area contributed by atoms with Crippen molar-refractivity contribution in [3.05, 3.63) is 53.7 Å². The molecule has 2 aromatic rings. The van der Waals surface area contributed by atoms with Gasteiger partial charge >= 0.3 is 0 Å². The Hall–Kier alpha value is -3.36. The molecule has 2 unspecified atom stereocenters. The van der Waals surface area contributed by atoms with Crippen molar-refractivity contribution < 1.29 is 23.2 Å². The number of carbonyl (C=O) groups excluding carboxylic acids is 3. The summed E-state index contributed by atoms with van der Waals surface area (Å²) in [5, 5.41) is 2.79. The van der Waals surface area contributed by atoms with E-state index in [2.05, 4.69) is 10.3 Å². The molecule has 3 amide bonds. The monoisotopic (exact) mass is 442 g/mol. The molecule has 2 aliphatic heterocycles. The summed E-state index contributed by atoms with van der Waals surface area (Å²) in [7, 11) is 0. The molecular formula is C23H24F2N4O3. The van der Waals surface area contributed by atoms with Crippen LogP contribution in [0.15, 0.2) is 36.5 Å². The van der Waals surface area contributed by atoms with Crippen LogP contribution in [0, 0.1) is 30.4 Å². The lowest BCUT2D eigenvalue weighted by atomic mass is 9.95. The van der Waals surface area contributed by atoms with Crippen molar-refractivity contribution in [3.63, 3.8) is 0 Å². The number of nitrogens with one attached hydrogen (secondary N) is 1. The first-order chi connectivity index (χ1) is 15.3. The average Bonchev–Trinajstić information content (AvgIpc) is 3.16. The fourth-order valence-electron chi connectivity index (χ4n) is 4.23. The molecule has 2 fully saturated rings. The normalized spacial score (nSPS) is 21.0. The fraction of sp³-hybridized carbons (Fsp3) is 0.391. The minimum absolute atomic E-state index is 0.0286. The molecule has 2 atom stereocenters. The van der Waals surface area contributed by atoms with E-state index in [1.54, 1.807) is 17.2 Å². The third-order valence-electron chi connectivity index (χ3n) is 5.94. The maximum Gasteiger partial charge on any atom is 0.230 e. The van der Waals surface area contributed by atoms with Crippen LogP contribution in [0.4, 0.5) is 20.3 Å². The number of amides is 3. The van der Waals surface area contributed by atoms with Crippen molar-refractivity contribution in [2.75, 3.05) is 29.9 Å². The van der Waals surface area contributed by atoms with E-state index < -0.39 is 17.6 Å². The summed E-state index contributed by atoms with van der Waals surface area (Å²) in [5.41, 5.74) is 0.950. The van der Waals surface area contributed by atoms with Crippen LogP contribution in [0.3, 0.4) is 0 Å². The molecule has 2 saturated heterocycles. The maximum absolute atomic E-state index is 14.1. The van der Waals surface area contributed by atoms with Gasteiger partial charge in [-0.25, -0.2) is 13.8 Å². The van der Waals surface area contributed by atoms with Crippen LogP contribution in [0.5, 0.6) is 0 Å². The first-order valence-corrected chi connectivity index (χ1v) is 10.6. The first-order valence-electron chi connectivity index (χ1n) is 10.6. The van der Waals surface area contributed by atoms with Crippen LogP contribution in [0.1, 0.15) is 24.8 Å². The standard InChI is InChI=1S/C23H24F2N4O3/c1-14-4-7-20(26-11-14)27-22(31)15-3-2-8-28(12-15)23(32)16-9-21(30)29(13-16)19-6-5-17(24)10-18(19)25/h4-7,10-11,15-16H,2-3,8-9,12-13H2,1H3,(H,26,27,31). The third-order valence-corrected chi connectivity index (χ3v) is 5.94. The van der Waals surface area contributed by atoms with E-state index in [1.807, 2.05) is 13.0 Å². The van der Waals surface area contributed by atoms with Crippen LogP contribution in [0.25, 0.3) is 0 Å². The molecule has 0 radical (unpaired) electrons. The van der Waals surface area contributed by atoms with Gasteiger partial charge in [-0.3, -0.25) is 14.4 Å². The predicted octanol–water partition coefficient (Wildman–Crippen LogP) is 2.90. The lowest BCUT2D eigenvalue weighted by Crippen LogP contribution is -2.46. The predicted molar refractivity (Wildman–Crippen MR) is 114 cm³/mol. The van der Waals surface area contributed by atoms with Gasteiger partial charge in [-0.2, -0.15) is 0 Å². The second-order valence-corrected chi connectivity index (χ2v) is 8.33. The SMILES string of the molecule is Cc1ccc(NC(=O)C2CCCN(C(=O)C3CC(=O)N(c4ccc(F)cc4F)C3)C2)nc1. The highest BCUT2D eigenvalue weighted by Crippen LogP contribution is 2.30. The van der Waals surface area contributed by atoms with Gasteiger partial charge in [-0.15, -0.1) is 0 Å². The minimum Gasteiger partial charge on any atom is -0.342 e. The van der Waals surface area contributed by atoms with Crippen molar-refractivity contribution in [1.29, 1.82) is 0 Å². The Morgan fingerprint density at radius 3 is 2.66 bits per heavy atom.